The lowest BCUT2D eigenvalue weighted by Gasteiger charge is -2.34. The number of esters is 1. The van der Waals surface area contributed by atoms with Crippen LogP contribution >= 0.6 is 0 Å². The number of likely N-dealkylation sites (tertiary alicyclic amines) is 1. The maximum Gasteiger partial charge on any atom is 0.323 e. The Hall–Kier alpha value is -2.74. The minimum atomic E-state index is -1.05. The largest absolute Gasteiger partial charge is 0.468 e. The third-order valence-corrected chi connectivity index (χ3v) is 5.99. The molecule has 0 unspecified atom stereocenters. The van der Waals surface area contributed by atoms with E-state index in [2.05, 4.69) is 0 Å². The number of aliphatic hydroxyl groups is 2. The smallest absolute Gasteiger partial charge is 0.323 e. The Kier molecular flexibility index (Phi) is 5.36. The van der Waals surface area contributed by atoms with Crippen LogP contribution in [-0.4, -0.2) is 59.5 Å². The summed E-state index contributed by atoms with van der Waals surface area (Å²) < 4.78 is 5.01. The highest BCUT2D eigenvalue weighted by atomic mass is 16.5. The van der Waals surface area contributed by atoms with E-state index in [1.807, 2.05) is 36.4 Å². The average molecular weight is 396 g/mol. The third-order valence-electron chi connectivity index (χ3n) is 5.99. The SMILES string of the molecule is COC(=O)[C@@H]1[C@@H]2C(=O)N(c3ccccc3)[C@H](O)[C@@H]2CN1[C@@H](CO)c1ccccc1. The Morgan fingerprint density at radius 1 is 1.14 bits per heavy atom. The third kappa shape index (κ3) is 3.21. The van der Waals surface area contributed by atoms with Crippen LogP contribution in [0, 0.1) is 11.8 Å². The van der Waals surface area contributed by atoms with Gasteiger partial charge in [-0.2, -0.15) is 0 Å². The van der Waals surface area contributed by atoms with E-state index in [0.29, 0.717) is 12.2 Å². The van der Waals surface area contributed by atoms with Crippen LogP contribution in [-0.2, 0) is 14.3 Å². The summed E-state index contributed by atoms with van der Waals surface area (Å²) in [6.07, 6.45) is -1.05. The second-order valence-electron chi connectivity index (χ2n) is 7.42. The van der Waals surface area contributed by atoms with Gasteiger partial charge in [-0.15, -0.1) is 0 Å². The molecule has 0 aliphatic carbocycles. The van der Waals surface area contributed by atoms with Crippen molar-refractivity contribution >= 4 is 17.6 Å². The first-order valence-electron chi connectivity index (χ1n) is 9.64. The van der Waals surface area contributed by atoms with E-state index < -0.39 is 36.1 Å². The summed E-state index contributed by atoms with van der Waals surface area (Å²) in [5.41, 5.74) is 1.43. The summed E-state index contributed by atoms with van der Waals surface area (Å²) in [5.74, 6) is -2.06. The number of hydrogen-bond donors (Lipinski definition) is 2. The highest BCUT2D eigenvalue weighted by molar-refractivity contribution is 6.01. The summed E-state index contributed by atoms with van der Waals surface area (Å²) in [6.45, 7) is 0.0738. The molecule has 2 aromatic carbocycles. The van der Waals surface area contributed by atoms with Crippen molar-refractivity contribution in [1.82, 2.24) is 4.90 Å². The number of fused-ring (bicyclic) bond motifs is 1. The summed E-state index contributed by atoms with van der Waals surface area (Å²) in [4.78, 5) is 29.2. The van der Waals surface area contributed by atoms with Crippen LogP contribution in [0.4, 0.5) is 5.69 Å². The molecule has 2 saturated heterocycles. The molecule has 0 spiro atoms. The summed E-state index contributed by atoms with van der Waals surface area (Å²) >= 11 is 0. The molecule has 7 heteroatoms. The fourth-order valence-electron chi connectivity index (χ4n) is 4.66. The molecule has 5 atom stereocenters. The Morgan fingerprint density at radius 2 is 1.76 bits per heavy atom. The second-order valence-corrected chi connectivity index (χ2v) is 7.42. The lowest BCUT2D eigenvalue weighted by Crippen LogP contribution is -2.48. The zero-order valence-corrected chi connectivity index (χ0v) is 16.1. The first-order valence-corrected chi connectivity index (χ1v) is 9.64. The van der Waals surface area contributed by atoms with E-state index >= 15 is 0 Å². The first-order chi connectivity index (χ1) is 14.1. The maximum atomic E-state index is 13.3. The van der Waals surface area contributed by atoms with Crippen molar-refractivity contribution in [2.45, 2.75) is 18.3 Å². The van der Waals surface area contributed by atoms with E-state index in [0.717, 1.165) is 5.56 Å². The molecule has 2 heterocycles. The second kappa shape index (κ2) is 7.94. The van der Waals surface area contributed by atoms with Crippen molar-refractivity contribution in [2.75, 3.05) is 25.2 Å². The van der Waals surface area contributed by atoms with Crippen molar-refractivity contribution in [3.63, 3.8) is 0 Å². The molecule has 2 fully saturated rings. The molecule has 7 nitrogen and oxygen atoms in total. The van der Waals surface area contributed by atoms with Crippen molar-refractivity contribution < 1.29 is 24.5 Å². The molecule has 152 valence electrons. The minimum absolute atomic E-state index is 0.219. The predicted molar refractivity (Wildman–Crippen MR) is 106 cm³/mol. The summed E-state index contributed by atoms with van der Waals surface area (Å²) in [7, 11) is 1.29. The average Bonchev–Trinajstić information content (AvgIpc) is 3.25. The number of nitrogens with zero attached hydrogens (tertiary/aromatic N) is 2. The summed E-state index contributed by atoms with van der Waals surface area (Å²) in [5, 5.41) is 21.0. The van der Waals surface area contributed by atoms with Crippen molar-refractivity contribution in [2.24, 2.45) is 11.8 Å². The quantitative estimate of drug-likeness (QED) is 0.738. The highest BCUT2D eigenvalue weighted by Crippen LogP contribution is 2.45. The Bertz CT molecular complexity index is 875. The van der Waals surface area contributed by atoms with Crippen molar-refractivity contribution in [3.8, 4) is 0 Å². The number of methoxy groups -OCH3 is 1. The van der Waals surface area contributed by atoms with Crippen molar-refractivity contribution in [3.05, 3.63) is 66.2 Å². The molecule has 2 aliphatic heterocycles. The molecule has 0 saturated carbocycles. The van der Waals surface area contributed by atoms with E-state index in [9.17, 15) is 19.8 Å². The van der Waals surface area contributed by atoms with Crippen LogP contribution in [0.5, 0.6) is 0 Å². The normalized spacial score (nSPS) is 27.7. The first kappa shape index (κ1) is 19.6. The Morgan fingerprint density at radius 3 is 2.34 bits per heavy atom. The molecular weight excluding hydrogens is 372 g/mol. The van der Waals surface area contributed by atoms with Crippen LogP contribution < -0.4 is 4.90 Å². The van der Waals surface area contributed by atoms with Crippen molar-refractivity contribution in [1.29, 1.82) is 0 Å². The van der Waals surface area contributed by atoms with Gasteiger partial charge < -0.3 is 14.9 Å². The molecule has 0 radical (unpaired) electrons. The lowest BCUT2D eigenvalue weighted by atomic mass is 9.92. The molecule has 1 amide bonds. The van der Waals surface area contributed by atoms with Gasteiger partial charge in [-0.05, 0) is 17.7 Å². The number of rotatable bonds is 5. The predicted octanol–water partition coefficient (Wildman–Crippen LogP) is 1.17. The fraction of sp³-hybridized carbons (Fsp3) is 0.364. The van der Waals surface area contributed by atoms with Gasteiger partial charge in [-0.25, -0.2) is 0 Å². The lowest BCUT2D eigenvalue weighted by molar-refractivity contribution is -0.150. The van der Waals surface area contributed by atoms with Gasteiger partial charge in [-0.3, -0.25) is 19.4 Å². The zero-order valence-electron chi connectivity index (χ0n) is 16.1. The standard InChI is InChI=1S/C22H24N2O5/c1-29-22(28)19-18-16(12-23(19)17(13-25)14-8-4-2-5-9-14)20(26)24(21(18)27)15-10-6-3-7-11-15/h2-11,16-20,25-26H,12-13H2,1H3/t16-,17+,18-,19+,20-/m1/s1. The van der Waals surface area contributed by atoms with Gasteiger partial charge >= 0.3 is 5.97 Å². The topological polar surface area (TPSA) is 90.3 Å². The molecule has 29 heavy (non-hydrogen) atoms. The van der Waals surface area contributed by atoms with E-state index in [-0.39, 0.29) is 12.5 Å². The molecule has 2 aliphatic rings. The monoisotopic (exact) mass is 396 g/mol. The van der Waals surface area contributed by atoms with Crippen LogP contribution in [0.25, 0.3) is 0 Å². The number of benzene rings is 2. The Labute approximate surface area is 169 Å². The van der Waals surface area contributed by atoms with Gasteiger partial charge in [0, 0.05) is 18.2 Å². The van der Waals surface area contributed by atoms with Gasteiger partial charge in [0.15, 0.2) is 0 Å². The van der Waals surface area contributed by atoms with Gasteiger partial charge in [0.25, 0.3) is 0 Å². The maximum absolute atomic E-state index is 13.3. The molecule has 2 N–H and O–H groups in total. The number of para-hydroxylation sites is 1. The van der Waals surface area contributed by atoms with E-state index in [4.69, 9.17) is 4.74 Å². The number of carbonyl (C=O) groups is 2. The fourth-order valence-corrected chi connectivity index (χ4v) is 4.66. The molecule has 0 bridgehead atoms. The number of amides is 1. The highest BCUT2D eigenvalue weighted by Gasteiger charge is 2.61. The number of aliphatic hydroxyl groups excluding tert-OH is 2. The number of ether oxygens (including phenoxy) is 1. The zero-order chi connectivity index (χ0) is 20.5. The van der Waals surface area contributed by atoms with Gasteiger partial charge in [0.05, 0.1) is 25.7 Å². The van der Waals surface area contributed by atoms with Crippen LogP contribution in [0.1, 0.15) is 11.6 Å². The molecule has 4 rings (SSSR count). The number of hydrogen-bond acceptors (Lipinski definition) is 6. The van der Waals surface area contributed by atoms with E-state index in [1.54, 1.807) is 29.2 Å². The van der Waals surface area contributed by atoms with Gasteiger partial charge in [0.1, 0.15) is 12.3 Å². The van der Waals surface area contributed by atoms with E-state index in [1.165, 1.54) is 12.0 Å². The molecule has 2 aromatic rings. The molecule has 0 aromatic heterocycles. The Balaban J connectivity index is 1.70. The van der Waals surface area contributed by atoms with Crippen LogP contribution in [0.2, 0.25) is 0 Å². The minimum Gasteiger partial charge on any atom is -0.468 e. The van der Waals surface area contributed by atoms with Crippen LogP contribution in [0.15, 0.2) is 60.7 Å². The number of carbonyl (C=O) groups excluding carboxylic acids is 2. The van der Waals surface area contributed by atoms with Crippen LogP contribution in [0.3, 0.4) is 0 Å². The molecular formula is C22H24N2O5. The summed E-state index contributed by atoms with van der Waals surface area (Å²) in [6, 6.07) is 16.9. The number of anilines is 1. The van der Waals surface area contributed by atoms with Gasteiger partial charge in [0.2, 0.25) is 5.91 Å². The van der Waals surface area contributed by atoms with Gasteiger partial charge in [-0.1, -0.05) is 48.5 Å².